The van der Waals surface area contributed by atoms with Crippen LogP contribution in [0.5, 0.6) is 0 Å². The normalized spacial score (nSPS) is 15.1. The fourth-order valence-electron chi connectivity index (χ4n) is 2.93. The lowest BCUT2D eigenvalue weighted by Gasteiger charge is -2.25. The number of nitrogens with one attached hydrogen (secondary N) is 1. The van der Waals surface area contributed by atoms with Crippen LogP contribution in [-0.4, -0.2) is 36.3 Å². The summed E-state index contributed by atoms with van der Waals surface area (Å²) in [5, 5.41) is 4.29. The van der Waals surface area contributed by atoms with Gasteiger partial charge in [-0.2, -0.15) is 4.98 Å². The molecule has 1 N–H and O–H groups in total. The highest BCUT2D eigenvalue weighted by atomic mass is 32.1. The molecule has 5 rings (SSSR count). The number of oxazole rings is 1. The molecule has 0 bridgehead atoms. The molecular formula is C18H16N4O2S. The molecule has 0 spiro atoms. The van der Waals surface area contributed by atoms with E-state index in [4.69, 9.17) is 14.1 Å². The fraction of sp³-hybridized carbons (Fsp3) is 0.222. The van der Waals surface area contributed by atoms with E-state index in [1.54, 1.807) is 11.3 Å². The summed E-state index contributed by atoms with van der Waals surface area (Å²) in [5.74, 6) is 0. The summed E-state index contributed by atoms with van der Waals surface area (Å²) >= 11 is 1.70. The molecule has 1 aliphatic rings. The molecule has 0 atom stereocenters. The topological polar surface area (TPSA) is 63.4 Å². The van der Waals surface area contributed by atoms with Crippen molar-refractivity contribution in [2.75, 3.05) is 36.5 Å². The van der Waals surface area contributed by atoms with Gasteiger partial charge in [0.2, 0.25) is 0 Å². The maximum atomic E-state index is 5.73. The van der Waals surface area contributed by atoms with Crippen molar-refractivity contribution < 1.29 is 9.15 Å². The second-order valence-corrected chi connectivity index (χ2v) is 6.90. The molecule has 1 aliphatic heterocycles. The molecule has 25 heavy (non-hydrogen) atoms. The lowest BCUT2D eigenvalue weighted by Crippen LogP contribution is -2.36. The van der Waals surface area contributed by atoms with E-state index in [0.29, 0.717) is 6.01 Å². The second-order valence-electron chi connectivity index (χ2n) is 5.89. The highest BCUT2D eigenvalue weighted by Gasteiger charge is 2.15. The Morgan fingerprint density at radius 1 is 1.00 bits per heavy atom. The van der Waals surface area contributed by atoms with Gasteiger partial charge in [-0.3, -0.25) is 0 Å². The van der Waals surface area contributed by atoms with Crippen LogP contribution in [0.15, 0.2) is 46.9 Å². The van der Waals surface area contributed by atoms with Gasteiger partial charge in [-0.05, 0) is 30.3 Å². The van der Waals surface area contributed by atoms with E-state index in [-0.39, 0.29) is 0 Å². The monoisotopic (exact) mass is 352 g/mol. The molecule has 4 aromatic rings. The molecule has 6 nitrogen and oxygen atoms in total. The van der Waals surface area contributed by atoms with E-state index in [1.807, 2.05) is 36.4 Å². The average Bonchev–Trinajstić information content (AvgIpc) is 3.25. The third-order valence-electron chi connectivity index (χ3n) is 4.20. The largest absolute Gasteiger partial charge is 0.423 e. The number of aromatic nitrogens is 2. The minimum Gasteiger partial charge on any atom is -0.423 e. The van der Waals surface area contributed by atoms with E-state index in [9.17, 15) is 0 Å². The standard InChI is InChI=1S/C18H16N4O2S/c1-2-4-15-13(3-1)20-17(24-15)19-12-5-6-14-16(11-12)25-18(21-14)22-7-9-23-10-8-22/h1-6,11H,7-10H2,(H,19,20). The molecule has 1 saturated heterocycles. The number of ether oxygens (including phenoxy) is 1. The van der Waals surface area contributed by atoms with Gasteiger partial charge in [0, 0.05) is 18.8 Å². The lowest BCUT2D eigenvalue weighted by molar-refractivity contribution is 0.122. The summed E-state index contributed by atoms with van der Waals surface area (Å²) in [5.41, 5.74) is 3.57. The number of thiazole rings is 1. The molecule has 1 fully saturated rings. The van der Waals surface area contributed by atoms with Gasteiger partial charge >= 0.3 is 0 Å². The summed E-state index contributed by atoms with van der Waals surface area (Å²) in [7, 11) is 0. The average molecular weight is 352 g/mol. The number of benzene rings is 2. The highest BCUT2D eigenvalue weighted by Crippen LogP contribution is 2.32. The van der Waals surface area contributed by atoms with Crippen LogP contribution in [-0.2, 0) is 4.74 Å². The first kappa shape index (κ1) is 14.7. The van der Waals surface area contributed by atoms with E-state index in [0.717, 1.165) is 58.4 Å². The smallest absolute Gasteiger partial charge is 0.300 e. The first-order valence-corrected chi connectivity index (χ1v) is 9.03. The fourth-order valence-corrected chi connectivity index (χ4v) is 3.99. The van der Waals surface area contributed by atoms with Crippen molar-refractivity contribution in [1.29, 1.82) is 0 Å². The molecule has 0 aliphatic carbocycles. The van der Waals surface area contributed by atoms with Crippen molar-refractivity contribution in [3.63, 3.8) is 0 Å². The van der Waals surface area contributed by atoms with Gasteiger partial charge in [-0.25, -0.2) is 4.98 Å². The molecule has 0 amide bonds. The van der Waals surface area contributed by atoms with Gasteiger partial charge in [0.15, 0.2) is 10.7 Å². The van der Waals surface area contributed by atoms with Crippen molar-refractivity contribution in [3.05, 3.63) is 42.5 Å². The van der Waals surface area contributed by atoms with Crippen molar-refractivity contribution in [1.82, 2.24) is 9.97 Å². The van der Waals surface area contributed by atoms with Crippen molar-refractivity contribution in [2.24, 2.45) is 0 Å². The number of hydrogen-bond donors (Lipinski definition) is 1. The predicted molar refractivity (Wildman–Crippen MR) is 99.9 cm³/mol. The number of rotatable bonds is 3. The minimum absolute atomic E-state index is 0.499. The molecule has 2 aromatic carbocycles. The summed E-state index contributed by atoms with van der Waals surface area (Å²) in [6.07, 6.45) is 0. The first-order chi connectivity index (χ1) is 12.3. The zero-order chi connectivity index (χ0) is 16.6. The molecule has 0 unspecified atom stereocenters. The second kappa shape index (κ2) is 6.02. The van der Waals surface area contributed by atoms with Crippen LogP contribution in [0.2, 0.25) is 0 Å². The molecule has 2 aromatic heterocycles. The predicted octanol–water partition coefficient (Wildman–Crippen LogP) is 4.02. The van der Waals surface area contributed by atoms with Gasteiger partial charge < -0.3 is 19.4 Å². The van der Waals surface area contributed by atoms with Crippen LogP contribution in [0.3, 0.4) is 0 Å². The number of nitrogens with zero attached hydrogens (tertiary/aromatic N) is 3. The lowest BCUT2D eigenvalue weighted by atomic mass is 10.3. The Morgan fingerprint density at radius 3 is 2.76 bits per heavy atom. The van der Waals surface area contributed by atoms with E-state index in [2.05, 4.69) is 21.3 Å². The number of anilines is 3. The van der Waals surface area contributed by atoms with Crippen LogP contribution in [0, 0.1) is 0 Å². The Morgan fingerprint density at radius 2 is 1.88 bits per heavy atom. The summed E-state index contributed by atoms with van der Waals surface area (Å²) in [4.78, 5) is 11.5. The zero-order valence-corrected chi connectivity index (χ0v) is 14.3. The van der Waals surface area contributed by atoms with E-state index < -0.39 is 0 Å². The van der Waals surface area contributed by atoms with Crippen LogP contribution < -0.4 is 10.2 Å². The zero-order valence-electron chi connectivity index (χ0n) is 13.4. The van der Waals surface area contributed by atoms with Gasteiger partial charge in [0.25, 0.3) is 6.01 Å². The van der Waals surface area contributed by atoms with Crippen molar-refractivity contribution in [3.8, 4) is 0 Å². The Bertz CT molecular complexity index is 1000. The van der Waals surface area contributed by atoms with Crippen molar-refractivity contribution in [2.45, 2.75) is 0 Å². The maximum absolute atomic E-state index is 5.73. The molecular weight excluding hydrogens is 336 g/mol. The first-order valence-electron chi connectivity index (χ1n) is 8.21. The van der Waals surface area contributed by atoms with E-state index in [1.165, 1.54) is 0 Å². The van der Waals surface area contributed by atoms with Gasteiger partial charge in [-0.1, -0.05) is 23.5 Å². The minimum atomic E-state index is 0.499. The Kier molecular flexibility index (Phi) is 3.53. The Labute approximate surface area is 148 Å². The van der Waals surface area contributed by atoms with Crippen LogP contribution >= 0.6 is 11.3 Å². The number of hydrogen-bond acceptors (Lipinski definition) is 7. The summed E-state index contributed by atoms with van der Waals surface area (Å²) < 4.78 is 12.3. The highest BCUT2D eigenvalue weighted by molar-refractivity contribution is 7.22. The van der Waals surface area contributed by atoms with Crippen LogP contribution in [0.4, 0.5) is 16.8 Å². The number of morpholine rings is 1. The van der Waals surface area contributed by atoms with Gasteiger partial charge in [0.05, 0.1) is 23.4 Å². The van der Waals surface area contributed by atoms with Crippen LogP contribution in [0.25, 0.3) is 21.3 Å². The van der Waals surface area contributed by atoms with Gasteiger partial charge in [-0.15, -0.1) is 0 Å². The van der Waals surface area contributed by atoms with Crippen LogP contribution in [0.1, 0.15) is 0 Å². The molecule has 3 heterocycles. The molecule has 126 valence electrons. The Hall–Kier alpha value is -2.64. The SMILES string of the molecule is c1ccc2oc(Nc3ccc4nc(N5CCOCC5)sc4c3)nc2c1. The number of para-hydroxylation sites is 2. The Balaban J connectivity index is 1.43. The summed E-state index contributed by atoms with van der Waals surface area (Å²) in [6.45, 7) is 3.32. The van der Waals surface area contributed by atoms with Crippen molar-refractivity contribution >= 4 is 49.5 Å². The summed E-state index contributed by atoms with van der Waals surface area (Å²) in [6, 6.07) is 14.4. The van der Waals surface area contributed by atoms with E-state index >= 15 is 0 Å². The van der Waals surface area contributed by atoms with Gasteiger partial charge in [0.1, 0.15) is 5.52 Å². The third kappa shape index (κ3) is 2.81. The number of fused-ring (bicyclic) bond motifs is 2. The maximum Gasteiger partial charge on any atom is 0.300 e. The quantitative estimate of drug-likeness (QED) is 0.601. The molecule has 7 heteroatoms. The molecule has 0 radical (unpaired) electrons. The third-order valence-corrected chi connectivity index (χ3v) is 5.28. The molecule has 0 saturated carbocycles.